The van der Waals surface area contributed by atoms with Crippen LogP contribution in [-0.4, -0.2) is 34.2 Å². The number of carbonyl (C=O) groups is 1. The molecular weight excluding hydrogens is 484 g/mol. The Morgan fingerprint density at radius 1 is 1.19 bits per heavy atom. The van der Waals surface area contributed by atoms with E-state index in [2.05, 4.69) is 5.32 Å². The Morgan fingerprint density at radius 2 is 1.88 bits per heavy atom. The maximum Gasteiger partial charge on any atom is 0.416 e. The van der Waals surface area contributed by atoms with Crippen LogP contribution in [0.15, 0.2) is 35.2 Å². The van der Waals surface area contributed by atoms with Crippen LogP contribution in [0.2, 0.25) is 10.0 Å². The van der Waals surface area contributed by atoms with E-state index in [-0.39, 0.29) is 29.2 Å². The van der Waals surface area contributed by atoms with Gasteiger partial charge in [-0.1, -0.05) is 23.2 Å². The fraction of sp³-hybridized carbons (Fsp3) is 0.409. The second-order valence-corrected chi connectivity index (χ2v) is 10.1. The van der Waals surface area contributed by atoms with E-state index in [1.54, 1.807) is 25.1 Å². The third-order valence-corrected chi connectivity index (χ3v) is 7.30. The summed E-state index contributed by atoms with van der Waals surface area (Å²) >= 11 is 11.0. The van der Waals surface area contributed by atoms with Gasteiger partial charge in [-0.15, -0.1) is 0 Å². The van der Waals surface area contributed by atoms with Crippen molar-refractivity contribution in [1.29, 1.82) is 0 Å². The molecule has 1 saturated heterocycles. The number of rotatable bonds is 7. The molecule has 1 N–H and O–H groups in total. The van der Waals surface area contributed by atoms with Gasteiger partial charge in [0.25, 0.3) is 5.91 Å². The summed E-state index contributed by atoms with van der Waals surface area (Å²) in [5.41, 5.74) is -0.572. The highest BCUT2D eigenvalue weighted by Gasteiger charge is 2.36. The average molecular weight is 507 g/mol. The van der Waals surface area contributed by atoms with Crippen molar-refractivity contribution in [1.82, 2.24) is 10.2 Å². The van der Waals surface area contributed by atoms with Crippen molar-refractivity contribution in [2.75, 3.05) is 18.8 Å². The maximum absolute atomic E-state index is 13.8. The molecule has 3 rings (SSSR count). The van der Waals surface area contributed by atoms with Crippen LogP contribution < -0.4 is 5.32 Å². The zero-order chi connectivity index (χ0) is 23.5. The summed E-state index contributed by atoms with van der Waals surface area (Å²) in [5.74, 6) is -0.329. The Balaban J connectivity index is 1.84. The first-order chi connectivity index (χ1) is 15.1. The number of nitrogens with one attached hydrogen (secondary N) is 1. The molecule has 0 radical (unpaired) electrons. The predicted molar refractivity (Wildman–Crippen MR) is 121 cm³/mol. The van der Waals surface area contributed by atoms with Gasteiger partial charge in [0.2, 0.25) is 0 Å². The lowest BCUT2D eigenvalue weighted by molar-refractivity contribution is -0.138. The van der Waals surface area contributed by atoms with Crippen LogP contribution in [0.4, 0.5) is 13.2 Å². The summed E-state index contributed by atoms with van der Waals surface area (Å²) in [6, 6.07) is 6.91. The predicted octanol–water partition coefficient (Wildman–Crippen LogP) is 5.67. The Morgan fingerprint density at radius 3 is 2.50 bits per heavy atom. The topological polar surface area (TPSA) is 55.4 Å². The lowest BCUT2D eigenvalue weighted by atomic mass is 10.0. The summed E-state index contributed by atoms with van der Waals surface area (Å²) in [6.07, 6.45) is -2.77. The molecule has 10 heteroatoms. The van der Waals surface area contributed by atoms with Crippen LogP contribution in [0.1, 0.15) is 46.8 Å². The fourth-order valence-corrected chi connectivity index (χ4v) is 5.12. The molecule has 1 amide bonds. The van der Waals surface area contributed by atoms with Gasteiger partial charge in [0.05, 0.1) is 5.56 Å². The molecule has 0 bridgehead atoms. The number of halogens is 5. The molecule has 4 nitrogen and oxygen atoms in total. The Hall–Kier alpha value is -1.45. The molecule has 0 saturated carbocycles. The molecule has 1 aliphatic heterocycles. The quantitative estimate of drug-likeness (QED) is 0.492. The van der Waals surface area contributed by atoms with Gasteiger partial charge in [0.1, 0.15) is 5.75 Å². The van der Waals surface area contributed by atoms with Gasteiger partial charge >= 0.3 is 6.18 Å². The van der Waals surface area contributed by atoms with Crippen molar-refractivity contribution in [2.45, 2.75) is 43.9 Å². The highest BCUT2D eigenvalue weighted by Crippen LogP contribution is 2.37. The number of nitrogens with zero attached hydrogens (tertiary/aromatic N) is 1. The summed E-state index contributed by atoms with van der Waals surface area (Å²) in [5, 5.41) is 2.90. The van der Waals surface area contributed by atoms with E-state index in [4.69, 9.17) is 23.2 Å². The third kappa shape index (κ3) is 6.11. The zero-order valence-electron chi connectivity index (χ0n) is 17.4. The summed E-state index contributed by atoms with van der Waals surface area (Å²) < 4.78 is 53.5. The molecule has 0 aliphatic carbocycles. The molecule has 32 heavy (non-hydrogen) atoms. The standard InChI is InChI=1S/C22H23Cl2F3N2O2S/c1-2-32(31)20-6-5-16(23)9-15(20)12-28-21(30)14-10-18(22(25,26)27)17(19(24)11-14)13-29-7-3-4-8-29/h5-6,9-11H,2-4,7-8,12-13H2,1H3,(H,28,30). The molecule has 1 heterocycles. The monoisotopic (exact) mass is 506 g/mol. The Kier molecular flexibility index (Phi) is 8.38. The summed E-state index contributed by atoms with van der Waals surface area (Å²) in [7, 11) is 0. The highest BCUT2D eigenvalue weighted by molar-refractivity contribution is 7.91. The first-order valence-corrected chi connectivity index (χ1v) is 12.2. The van der Waals surface area contributed by atoms with Crippen molar-refractivity contribution in [3.05, 3.63) is 62.6 Å². The summed E-state index contributed by atoms with van der Waals surface area (Å²) in [6.45, 7) is 3.25. The van der Waals surface area contributed by atoms with E-state index in [9.17, 15) is 22.5 Å². The lowest BCUT2D eigenvalue weighted by Gasteiger charge is -2.21. The number of alkyl halides is 3. The molecule has 0 aromatic heterocycles. The van der Waals surface area contributed by atoms with Crippen molar-refractivity contribution in [3.63, 3.8) is 0 Å². The van der Waals surface area contributed by atoms with Crippen LogP contribution in [-0.2, 0) is 30.4 Å². The minimum absolute atomic E-state index is 0.0203. The zero-order valence-corrected chi connectivity index (χ0v) is 19.7. The molecule has 1 unspecified atom stereocenters. The second kappa shape index (κ2) is 10.7. The van der Waals surface area contributed by atoms with Crippen LogP contribution in [0, 0.1) is 0 Å². The van der Waals surface area contributed by atoms with Gasteiger partial charge in [-0.05, 0) is 79.9 Å². The number of hydrogen-bond donors (Lipinski definition) is 1. The van der Waals surface area contributed by atoms with E-state index >= 15 is 0 Å². The van der Waals surface area contributed by atoms with Crippen molar-refractivity contribution < 1.29 is 22.5 Å². The molecule has 1 fully saturated rings. The smallest absolute Gasteiger partial charge is 0.416 e. The highest BCUT2D eigenvalue weighted by atomic mass is 35.5. The van der Waals surface area contributed by atoms with E-state index in [0.717, 1.165) is 32.0 Å². The molecule has 0 spiro atoms. The van der Waals surface area contributed by atoms with Crippen molar-refractivity contribution in [3.8, 4) is 0 Å². The second-order valence-electron chi connectivity index (χ2n) is 7.53. The van der Waals surface area contributed by atoms with Gasteiger partial charge in [-0.25, -0.2) is 0 Å². The fourth-order valence-electron chi connectivity index (χ4n) is 3.69. The number of likely N-dealkylation sites (tertiary alicyclic amines) is 1. The van der Waals surface area contributed by atoms with Crippen molar-refractivity contribution in [2.24, 2.45) is 0 Å². The Bertz CT molecular complexity index is 982. The molecule has 2 aromatic rings. The van der Waals surface area contributed by atoms with Crippen LogP contribution >= 0.6 is 23.2 Å². The molecule has 1 aliphatic rings. The first kappa shape index (κ1) is 25.2. The first-order valence-electron chi connectivity index (χ1n) is 10.2. The lowest BCUT2D eigenvalue weighted by Crippen LogP contribution is -2.26. The molecular formula is C22H23Cl2F3N2O2S. The normalized spacial score (nSPS) is 15.7. The SMILES string of the molecule is CC[S+]([O-])c1ccc(Cl)cc1CNC(=O)c1cc(Cl)c(CN2CCCC2)c(C(F)(F)F)c1. The van der Waals surface area contributed by atoms with Crippen molar-refractivity contribution >= 4 is 40.3 Å². The number of carbonyl (C=O) groups excluding carboxylic acids is 1. The molecule has 2 aromatic carbocycles. The van der Waals surface area contributed by atoms with Crippen LogP contribution in [0.3, 0.4) is 0 Å². The van der Waals surface area contributed by atoms with Gasteiger partial charge in [0, 0.05) is 34.3 Å². The summed E-state index contributed by atoms with van der Waals surface area (Å²) in [4.78, 5) is 15.1. The van der Waals surface area contributed by atoms with Gasteiger partial charge < -0.3 is 9.87 Å². The van der Waals surface area contributed by atoms with Gasteiger partial charge in [-0.3, -0.25) is 9.69 Å². The minimum atomic E-state index is -4.65. The Labute approximate surface area is 198 Å². The molecule has 1 atom stereocenters. The largest absolute Gasteiger partial charge is 0.611 e. The van der Waals surface area contributed by atoms with E-state index in [0.29, 0.717) is 21.2 Å². The number of benzene rings is 2. The van der Waals surface area contributed by atoms with E-state index < -0.39 is 28.8 Å². The number of amides is 1. The van der Waals surface area contributed by atoms with Crippen LogP contribution in [0.25, 0.3) is 0 Å². The molecule has 174 valence electrons. The van der Waals surface area contributed by atoms with Crippen LogP contribution in [0.5, 0.6) is 0 Å². The number of hydrogen-bond acceptors (Lipinski definition) is 3. The van der Waals surface area contributed by atoms with E-state index in [1.165, 1.54) is 6.07 Å². The third-order valence-electron chi connectivity index (χ3n) is 5.31. The maximum atomic E-state index is 13.8. The minimum Gasteiger partial charge on any atom is -0.611 e. The van der Waals surface area contributed by atoms with E-state index in [1.807, 2.05) is 4.90 Å². The van der Waals surface area contributed by atoms with Gasteiger partial charge in [0.15, 0.2) is 4.90 Å². The van der Waals surface area contributed by atoms with Gasteiger partial charge in [-0.2, -0.15) is 13.2 Å². The average Bonchev–Trinajstić information content (AvgIpc) is 3.25.